The van der Waals surface area contributed by atoms with Crippen LogP contribution in [0.3, 0.4) is 0 Å². The largest absolute Gasteiger partial charge is 0.396 e. The lowest BCUT2D eigenvalue weighted by Crippen LogP contribution is -2.56. The molecule has 0 aromatic carbocycles. The zero-order valence-corrected chi connectivity index (χ0v) is 26.8. The Hall–Kier alpha value is -4.26. The van der Waals surface area contributed by atoms with Gasteiger partial charge in [-0.05, 0) is 61.1 Å². The molecule has 3 aromatic rings. The average Bonchev–Trinajstić information content (AvgIpc) is 3.46. The number of anilines is 3. The van der Waals surface area contributed by atoms with Crippen molar-refractivity contribution >= 4 is 29.3 Å². The van der Waals surface area contributed by atoms with Crippen LogP contribution in [-0.4, -0.2) is 99.7 Å². The van der Waals surface area contributed by atoms with E-state index in [0.717, 1.165) is 88.6 Å². The molecule has 7 heterocycles. The van der Waals surface area contributed by atoms with Crippen molar-refractivity contribution in [3.63, 3.8) is 0 Å². The summed E-state index contributed by atoms with van der Waals surface area (Å²) in [7, 11) is 1.72. The molecule has 3 aromatic heterocycles. The summed E-state index contributed by atoms with van der Waals surface area (Å²) in [5.74, 6) is -0.192. The van der Waals surface area contributed by atoms with Crippen LogP contribution in [0.5, 0.6) is 0 Å². The first kappa shape index (κ1) is 30.1. The van der Waals surface area contributed by atoms with Crippen molar-refractivity contribution in [3.05, 3.63) is 81.4 Å². The molecule has 12 nitrogen and oxygen atoms in total. The molecule has 0 radical (unpaired) electrons. The fourth-order valence-corrected chi connectivity index (χ4v) is 7.85. The number of ether oxygens (including phenoxy) is 1. The number of nitrogens with one attached hydrogen (secondary N) is 1. The summed E-state index contributed by atoms with van der Waals surface area (Å²) in [5.41, 5.74) is 6.11. The smallest absolute Gasteiger partial charge is 0.274 e. The molecule has 4 aliphatic heterocycles. The van der Waals surface area contributed by atoms with E-state index in [2.05, 4.69) is 35.7 Å². The van der Waals surface area contributed by atoms with Crippen LogP contribution >= 0.6 is 0 Å². The minimum atomic E-state index is -0.396. The van der Waals surface area contributed by atoms with E-state index in [4.69, 9.17) is 4.74 Å². The summed E-state index contributed by atoms with van der Waals surface area (Å²) in [6, 6.07) is 8.39. The molecule has 0 saturated carbocycles. The SMILES string of the molecule is Cn1cc(C2C=NC=C(N3CCn4c(cc5c4CCCC5)C3=O)C2CO)cc(Nc2ccc(N3CCN(C4COC4)CC3)cn2)c1=O. The zero-order chi connectivity index (χ0) is 32.1. The predicted molar refractivity (Wildman–Crippen MR) is 180 cm³/mol. The molecule has 1 amide bonds. The van der Waals surface area contributed by atoms with E-state index >= 15 is 0 Å². The van der Waals surface area contributed by atoms with E-state index in [9.17, 15) is 14.7 Å². The Morgan fingerprint density at radius 1 is 1.02 bits per heavy atom. The molecule has 1 aliphatic carbocycles. The third kappa shape index (κ3) is 5.47. The first-order valence-electron chi connectivity index (χ1n) is 16.9. The van der Waals surface area contributed by atoms with Crippen LogP contribution in [0.25, 0.3) is 0 Å². The highest BCUT2D eigenvalue weighted by atomic mass is 16.5. The van der Waals surface area contributed by atoms with Crippen molar-refractivity contribution in [2.24, 2.45) is 18.0 Å². The zero-order valence-electron chi connectivity index (χ0n) is 26.8. The number of aliphatic hydroxyl groups excluding tert-OH is 1. The van der Waals surface area contributed by atoms with Gasteiger partial charge in [0.1, 0.15) is 17.2 Å². The van der Waals surface area contributed by atoms with Crippen molar-refractivity contribution in [2.75, 3.05) is 62.8 Å². The third-order valence-corrected chi connectivity index (χ3v) is 10.6. The van der Waals surface area contributed by atoms with Crippen LogP contribution < -0.4 is 15.8 Å². The molecule has 246 valence electrons. The van der Waals surface area contributed by atoms with Crippen molar-refractivity contribution in [1.82, 2.24) is 23.9 Å². The molecule has 0 spiro atoms. The molecule has 2 unspecified atom stereocenters. The minimum Gasteiger partial charge on any atom is -0.396 e. The number of amides is 1. The summed E-state index contributed by atoms with van der Waals surface area (Å²) in [6.07, 6.45) is 11.5. The van der Waals surface area contributed by atoms with E-state index in [-0.39, 0.29) is 24.0 Å². The number of aliphatic imine (C=N–C) groups is 1. The van der Waals surface area contributed by atoms with E-state index in [0.29, 0.717) is 29.8 Å². The van der Waals surface area contributed by atoms with Gasteiger partial charge in [0.25, 0.3) is 11.5 Å². The number of aromatic nitrogens is 3. The lowest BCUT2D eigenvalue weighted by Gasteiger charge is -2.43. The molecule has 2 fully saturated rings. The van der Waals surface area contributed by atoms with E-state index < -0.39 is 5.92 Å². The summed E-state index contributed by atoms with van der Waals surface area (Å²) in [5, 5.41) is 13.9. The Morgan fingerprint density at radius 2 is 1.85 bits per heavy atom. The number of aryl methyl sites for hydroxylation is 2. The van der Waals surface area contributed by atoms with Gasteiger partial charge in [0, 0.05) is 88.2 Å². The minimum absolute atomic E-state index is 0.0432. The number of fused-ring (bicyclic) bond motifs is 3. The molecule has 0 bridgehead atoms. The number of hydrogen-bond acceptors (Lipinski definition) is 9. The van der Waals surface area contributed by atoms with Crippen LogP contribution in [0.1, 0.15) is 46.1 Å². The quantitative estimate of drug-likeness (QED) is 0.405. The molecule has 2 atom stereocenters. The maximum absolute atomic E-state index is 13.8. The van der Waals surface area contributed by atoms with Crippen molar-refractivity contribution in [1.29, 1.82) is 0 Å². The average molecular weight is 639 g/mol. The summed E-state index contributed by atoms with van der Waals surface area (Å²) in [4.78, 5) is 42.9. The molecule has 2 N–H and O–H groups in total. The van der Waals surface area contributed by atoms with Gasteiger partial charge in [-0.2, -0.15) is 0 Å². The van der Waals surface area contributed by atoms with Crippen LogP contribution in [0, 0.1) is 5.92 Å². The van der Waals surface area contributed by atoms with Crippen LogP contribution in [0.2, 0.25) is 0 Å². The molecule has 2 saturated heterocycles. The first-order valence-corrected chi connectivity index (χ1v) is 16.9. The second kappa shape index (κ2) is 12.4. The normalized spacial score (nSPS) is 23.3. The van der Waals surface area contributed by atoms with E-state index in [1.54, 1.807) is 35.1 Å². The van der Waals surface area contributed by atoms with Crippen LogP contribution in [-0.2, 0) is 31.2 Å². The van der Waals surface area contributed by atoms with Gasteiger partial charge in [-0.3, -0.25) is 19.5 Å². The topological polar surface area (TPSA) is 120 Å². The monoisotopic (exact) mass is 638 g/mol. The van der Waals surface area contributed by atoms with E-state index in [1.807, 2.05) is 24.4 Å². The first-order chi connectivity index (χ1) is 23.0. The Labute approximate surface area is 274 Å². The second-order valence-corrected chi connectivity index (χ2v) is 13.3. The van der Waals surface area contributed by atoms with Gasteiger partial charge in [-0.1, -0.05) is 0 Å². The molecule has 47 heavy (non-hydrogen) atoms. The number of carbonyl (C=O) groups is 1. The third-order valence-electron chi connectivity index (χ3n) is 10.6. The molecule has 8 rings (SSSR count). The summed E-state index contributed by atoms with van der Waals surface area (Å²) >= 11 is 0. The maximum atomic E-state index is 13.8. The number of pyridine rings is 2. The lowest BCUT2D eigenvalue weighted by atomic mass is 9.83. The number of carbonyl (C=O) groups excluding carboxylic acids is 1. The van der Waals surface area contributed by atoms with Crippen molar-refractivity contribution < 1.29 is 14.6 Å². The predicted octanol–water partition coefficient (Wildman–Crippen LogP) is 2.50. The van der Waals surface area contributed by atoms with Gasteiger partial charge in [-0.15, -0.1) is 0 Å². The van der Waals surface area contributed by atoms with Gasteiger partial charge in [0.05, 0.1) is 37.7 Å². The Kier molecular flexibility index (Phi) is 7.94. The molecular weight excluding hydrogens is 596 g/mol. The standard InChI is InChI=1S/C35H42N8O4/c1-39-19-24(14-29(34(39)45)38-33-7-6-25(16-37-33)40-8-10-41(11-9-40)26-21-47-22-26)27-17-36-18-32(28(27)20-44)43-13-12-42-30-5-3-2-4-23(30)15-31(42)35(43)46/h6-7,14-19,26-28,44H,2-5,8-13,20-22H2,1H3,(H,37,38). The fourth-order valence-electron chi connectivity index (χ4n) is 7.85. The number of rotatable bonds is 7. The summed E-state index contributed by atoms with van der Waals surface area (Å²) in [6.45, 7) is 6.67. The molecular formula is C35H42N8O4. The number of nitrogens with zero attached hydrogens (tertiary/aromatic N) is 7. The number of hydrogen-bond donors (Lipinski definition) is 2. The van der Waals surface area contributed by atoms with Gasteiger partial charge >= 0.3 is 0 Å². The Morgan fingerprint density at radius 3 is 2.60 bits per heavy atom. The number of piperazine rings is 1. The van der Waals surface area contributed by atoms with E-state index in [1.165, 1.54) is 11.3 Å². The van der Waals surface area contributed by atoms with Gasteiger partial charge in [0.15, 0.2) is 0 Å². The van der Waals surface area contributed by atoms with Crippen LogP contribution in [0.4, 0.5) is 17.2 Å². The Bertz CT molecular complexity index is 1780. The van der Waals surface area contributed by atoms with Gasteiger partial charge < -0.3 is 34.1 Å². The Balaban J connectivity index is 0.990. The van der Waals surface area contributed by atoms with Gasteiger partial charge in [-0.25, -0.2) is 4.98 Å². The highest BCUT2D eigenvalue weighted by Gasteiger charge is 2.37. The number of aliphatic hydroxyl groups is 1. The fraction of sp³-hybridized carbons (Fsp3) is 0.486. The second-order valence-electron chi connectivity index (χ2n) is 13.3. The van der Waals surface area contributed by atoms with Gasteiger partial charge in [0.2, 0.25) is 0 Å². The maximum Gasteiger partial charge on any atom is 0.274 e. The van der Waals surface area contributed by atoms with Crippen LogP contribution in [0.15, 0.2) is 58.3 Å². The van der Waals surface area contributed by atoms with Crippen molar-refractivity contribution in [2.45, 2.75) is 44.2 Å². The highest BCUT2D eigenvalue weighted by Crippen LogP contribution is 2.37. The summed E-state index contributed by atoms with van der Waals surface area (Å²) < 4.78 is 9.10. The lowest BCUT2D eigenvalue weighted by molar-refractivity contribution is -0.0660. The molecule has 5 aliphatic rings. The van der Waals surface area contributed by atoms with Crippen molar-refractivity contribution in [3.8, 4) is 0 Å². The highest BCUT2D eigenvalue weighted by molar-refractivity contribution is 5.95. The molecule has 12 heteroatoms.